The van der Waals surface area contributed by atoms with E-state index in [1.54, 1.807) is 25.1 Å². The van der Waals surface area contributed by atoms with Gasteiger partial charge in [0.15, 0.2) is 5.78 Å². The maximum absolute atomic E-state index is 13.1. The van der Waals surface area contributed by atoms with Gasteiger partial charge in [-0.1, -0.05) is 52.3 Å². The summed E-state index contributed by atoms with van der Waals surface area (Å²) in [5.41, 5.74) is 2.56. The van der Waals surface area contributed by atoms with Gasteiger partial charge in [0.1, 0.15) is 5.54 Å². The van der Waals surface area contributed by atoms with E-state index in [2.05, 4.69) is 21.2 Å². The molecule has 1 N–H and O–H groups in total. The van der Waals surface area contributed by atoms with Crippen molar-refractivity contribution in [2.45, 2.75) is 26.3 Å². The summed E-state index contributed by atoms with van der Waals surface area (Å²) in [6, 6.07) is 18.1. The van der Waals surface area contributed by atoms with Crippen molar-refractivity contribution in [3.8, 4) is 5.69 Å². The SMILES string of the molecule is Cc1cc(C(=O)CN2C(=O)NC(C)(c3ccccc3)C2=O)c(C)n1-c1cccc(Br)c1. The van der Waals surface area contributed by atoms with Crippen molar-refractivity contribution < 1.29 is 14.4 Å². The zero-order chi connectivity index (χ0) is 22.3. The Morgan fingerprint density at radius 3 is 2.42 bits per heavy atom. The summed E-state index contributed by atoms with van der Waals surface area (Å²) in [6.07, 6.45) is 0. The van der Waals surface area contributed by atoms with Crippen LogP contribution in [-0.2, 0) is 10.3 Å². The quantitative estimate of drug-likeness (QED) is 0.432. The zero-order valence-corrected chi connectivity index (χ0v) is 19.1. The van der Waals surface area contributed by atoms with E-state index in [-0.39, 0.29) is 12.3 Å². The first-order valence-electron chi connectivity index (χ1n) is 9.90. The van der Waals surface area contributed by atoms with Gasteiger partial charge in [-0.3, -0.25) is 14.5 Å². The molecule has 0 aliphatic carbocycles. The number of ketones is 1. The van der Waals surface area contributed by atoms with Gasteiger partial charge in [-0.05, 0) is 50.6 Å². The molecule has 7 heteroatoms. The average Bonchev–Trinajstić information content (AvgIpc) is 3.16. The predicted octanol–water partition coefficient (Wildman–Crippen LogP) is 4.51. The van der Waals surface area contributed by atoms with E-state index in [9.17, 15) is 14.4 Å². The molecule has 1 aromatic heterocycles. The lowest BCUT2D eigenvalue weighted by Gasteiger charge is -2.22. The van der Waals surface area contributed by atoms with Gasteiger partial charge < -0.3 is 9.88 Å². The molecule has 1 atom stereocenters. The number of rotatable bonds is 5. The van der Waals surface area contributed by atoms with E-state index < -0.39 is 17.5 Å². The Kier molecular flexibility index (Phi) is 5.31. The average molecular weight is 480 g/mol. The number of hydrogen-bond acceptors (Lipinski definition) is 3. The van der Waals surface area contributed by atoms with E-state index >= 15 is 0 Å². The third-order valence-corrected chi connectivity index (χ3v) is 6.22. The molecule has 158 valence electrons. The topological polar surface area (TPSA) is 71.4 Å². The first-order chi connectivity index (χ1) is 14.7. The molecule has 1 aliphatic rings. The van der Waals surface area contributed by atoms with Crippen molar-refractivity contribution in [1.29, 1.82) is 0 Å². The second-order valence-electron chi connectivity index (χ2n) is 7.84. The molecule has 31 heavy (non-hydrogen) atoms. The van der Waals surface area contributed by atoms with Crippen molar-refractivity contribution >= 4 is 33.7 Å². The van der Waals surface area contributed by atoms with Crippen LogP contribution in [-0.4, -0.2) is 33.7 Å². The number of aryl methyl sites for hydroxylation is 1. The smallest absolute Gasteiger partial charge is 0.319 e. The summed E-state index contributed by atoms with van der Waals surface area (Å²) < 4.78 is 2.92. The lowest BCUT2D eigenvalue weighted by Crippen LogP contribution is -2.41. The van der Waals surface area contributed by atoms with Gasteiger partial charge >= 0.3 is 6.03 Å². The van der Waals surface area contributed by atoms with E-state index in [1.165, 1.54) is 0 Å². The third-order valence-electron chi connectivity index (χ3n) is 5.73. The number of nitrogens with one attached hydrogen (secondary N) is 1. The number of aromatic nitrogens is 1. The second kappa shape index (κ2) is 7.81. The Balaban J connectivity index is 1.61. The van der Waals surface area contributed by atoms with Crippen LogP contribution in [0.3, 0.4) is 0 Å². The summed E-state index contributed by atoms with van der Waals surface area (Å²) in [5.74, 6) is -0.715. The molecule has 3 amide bonds. The van der Waals surface area contributed by atoms with Crippen molar-refractivity contribution in [3.05, 3.63) is 87.7 Å². The summed E-state index contributed by atoms with van der Waals surface area (Å²) in [6.45, 7) is 5.13. The Morgan fingerprint density at radius 2 is 1.74 bits per heavy atom. The Morgan fingerprint density at radius 1 is 1.03 bits per heavy atom. The summed E-state index contributed by atoms with van der Waals surface area (Å²) in [7, 11) is 0. The summed E-state index contributed by atoms with van der Waals surface area (Å²) >= 11 is 3.48. The fourth-order valence-electron chi connectivity index (χ4n) is 4.09. The predicted molar refractivity (Wildman–Crippen MR) is 121 cm³/mol. The minimum Gasteiger partial charge on any atom is -0.319 e. The van der Waals surface area contributed by atoms with Crippen LogP contribution in [0.2, 0.25) is 0 Å². The van der Waals surface area contributed by atoms with Crippen LogP contribution in [0.1, 0.15) is 34.2 Å². The highest BCUT2D eigenvalue weighted by Crippen LogP contribution is 2.29. The number of imide groups is 1. The number of carbonyl (C=O) groups is 3. The lowest BCUT2D eigenvalue weighted by molar-refractivity contribution is -0.130. The maximum atomic E-state index is 13.1. The van der Waals surface area contributed by atoms with Gasteiger partial charge in [0, 0.05) is 27.1 Å². The molecule has 4 rings (SSSR count). The highest BCUT2D eigenvalue weighted by molar-refractivity contribution is 9.10. The van der Waals surface area contributed by atoms with Crippen LogP contribution in [0.5, 0.6) is 0 Å². The number of carbonyl (C=O) groups excluding carboxylic acids is 3. The molecule has 2 heterocycles. The van der Waals surface area contributed by atoms with Crippen LogP contribution in [0.25, 0.3) is 5.69 Å². The first-order valence-corrected chi connectivity index (χ1v) is 10.7. The highest BCUT2D eigenvalue weighted by atomic mass is 79.9. The van der Waals surface area contributed by atoms with E-state index in [1.807, 2.05) is 60.9 Å². The number of urea groups is 1. The molecule has 0 saturated carbocycles. The van der Waals surface area contributed by atoms with Crippen LogP contribution >= 0.6 is 15.9 Å². The molecule has 3 aromatic rings. The van der Waals surface area contributed by atoms with E-state index in [0.29, 0.717) is 11.1 Å². The number of benzene rings is 2. The standard InChI is InChI=1S/C24H22BrN3O3/c1-15-12-20(16(2)28(15)19-11-7-10-18(25)13-19)21(29)14-27-22(30)24(3,26-23(27)31)17-8-5-4-6-9-17/h4-13H,14H2,1-3H3,(H,26,31). The van der Waals surface area contributed by atoms with Crippen molar-refractivity contribution in [2.24, 2.45) is 0 Å². The van der Waals surface area contributed by atoms with Crippen LogP contribution in [0.15, 0.2) is 65.1 Å². The molecule has 0 spiro atoms. The maximum Gasteiger partial charge on any atom is 0.325 e. The van der Waals surface area contributed by atoms with Crippen molar-refractivity contribution in [2.75, 3.05) is 6.54 Å². The molecule has 2 aromatic carbocycles. The number of Topliss-reactive ketones (excluding diaryl/α,β-unsaturated/α-hetero) is 1. The number of amides is 3. The molecule has 1 unspecified atom stereocenters. The zero-order valence-electron chi connectivity index (χ0n) is 17.5. The largest absolute Gasteiger partial charge is 0.325 e. The van der Waals surface area contributed by atoms with Crippen LogP contribution < -0.4 is 5.32 Å². The fraction of sp³-hybridized carbons (Fsp3) is 0.208. The molecular weight excluding hydrogens is 458 g/mol. The van der Waals surface area contributed by atoms with Crippen LogP contribution in [0, 0.1) is 13.8 Å². The van der Waals surface area contributed by atoms with Crippen LogP contribution in [0.4, 0.5) is 4.79 Å². The first kappa shape index (κ1) is 21.1. The van der Waals surface area contributed by atoms with Gasteiger partial charge in [0.25, 0.3) is 5.91 Å². The summed E-state index contributed by atoms with van der Waals surface area (Å²) in [4.78, 5) is 39.8. The second-order valence-corrected chi connectivity index (χ2v) is 8.75. The molecule has 6 nitrogen and oxygen atoms in total. The lowest BCUT2D eigenvalue weighted by atomic mass is 9.92. The monoisotopic (exact) mass is 479 g/mol. The van der Waals surface area contributed by atoms with Gasteiger partial charge in [-0.15, -0.1) is 0 Å². The fourth-order valence-corrected chi connectivity index (χ4v) is 4.48. The summed E-state index contributed by atoms with van der Waals surface area (Å²) in [5, 5.41) is 2.74. The normalized spacial score (nSPS) is 18.4. The highest BCUT2D eigenvalue weighted by Gasteiger charge is 2.49. The molecule has 0 bridgehead atoms. The number of nitrogens with zero attached hydrogens (tertiary/aromatic N) is 2. The Labute approximate surface area is 189 Å². The number of hydrogen-bond donors (Lipinski definition) is 1. The van der Waals surface area contributed by atoms with Gasteiger partial charge in [0.2, 0.25) is 0 Å². The molecule has 1 aliphatic heterocycles. The molecular formula is C24H22BrN3O3. The van der Waals surface area contributed by atoms with Crippen molar-refractivity contribution in [1.82, 2.24) is 14.8 Å². The minimum absolute atomic E-state index is 0.282. The van der Waals surface area contributed by atoms with Gasteiger partial charge in [0.05, 0.1) is 6.54 Å². The Bertz CT molecular complexity index is 1200. The number of halogens is 1. The van der Waals surface area contributed by atoms with Gasteiger partial charge in [-0.2, -0.15) is 0 Å². The molecule has 0 radical (unpaired) electrons. The molecule has 1 saturated heterocycles. The van der Waals surface area contributed by atoms with Crippen molar-refractivity contribution in [3.63, 3.8) is 0 Å². The molecule has 1 fully saturated rings. The van der Waals surface area contributed by atoms with E-state index in [0.717, 1.165) is 26.4 Å². The van der Waals surface area contributed by atoms with E-state index in [4.69, 9.17) is 0 Å². The van der Waals surface area contributed by atoms with Gasteiger partial charge in [-0.25, -0.2) is 4.79 Å². The third kappa shape index (κ3) is 3.59. The minimum atomic E-state index is -1.19. The Hall–Kier alpha value is -3.19.